The summed E-state index contributed by atoms with van der Waals surface area (Å²) < 4.78 is 5.15. The lowest BCUT2D eigenvalue weighted by Gasteiger charge is -2.08. The number of anilines is 2. The molecule has 2 amide bonds. The summed E-state index contributed by atoms with van der Waals surface area (Å²) in [6, 6.07) is 14.1. The minimum absolute atomic E-state index is 0.155. The van der Waals surface area contributed by atoms with Crippen LogP contribution in [-0.2, 0) is 14.3 Å². The molecule has 7 heteroatoms. The molecule has 0 spiro atoms. The second kappa shape index (κ2) is 11.9. The molecule has 2 N–H and O–H groups in total. The minimum Gasteiger partial charge on any atom is -0.462 e. The minimum atomic E-state index is -0.369. The number of amides is 2. The van der Waals surface area contributed by atoms with Crippen LogP contribution in [0, 0.1) is 6.92 Å². The average molecular weight is 415 g/mol. The summed E-state index contributed by atoms with van der Waals surface area (Å²) in [5.74, 6) is -0.396. The van der Waals surface area contributed by atoms with Crippen LogP contribution in [0.3, 0.4) is 0 Å². The Morgan fingerprint density at radius 2 is 1.38 bits per heavy atom. The fourth-order valence-corrected chi connectivity index (χ4v) is 2.97. The van der Waals surface area contributed by atoms with E-state index in [4.69, 9.17) is 4.74 Å². The molecule has 2 aromatic carbocycles. The van der Waals surface area contributed by atoms with E-state index >= 15 is 0 Å². The van der Waals surface area contributed by atoms with Crippen molar-refractivity contribution in [3.63, 3.8) is 0 Å². The Kier molecular flexibility index (Phi) is 9.24. The van der Waals surface area contributed by atoms with E-state index in [9.17, 15) is 14.4 Å². The first-order valence-corrected chi connectivity index (χ1v) is 10.6. The molecule has 0 bridgehead atoms. The van der Waals surface area contributed by atoms with Crippen molar-refractivity contribution in [1.82, 2.24) is 0 Å². The Bertz CT molecular complexity index is 820. The Labute approximate surface area is 175 Å². The Hall–Kier alpha value is -2.80. The molecule has 29 heavy (non-hydrogen) atoms. The van der Waals surface area contributed by atoms with Gasteiger partial charge in [-0.15, -0.1) is 11.8 Å². The molecule has 154 valence electrons. The summed E-state index contributed by atoms with van der Waals surface area (Å²) in [5.41, 5.74) is 2.89. The number of aryl methyl sites for hydroxylation is 1. The largest absolute Gasteiger partial charge is 0.462 e. The quantitative estimate of drug-likeness (QED) is 0.448. The van der Waals surface area contributed by atoms with Gasteiger partial charge in [0.2, 0.25) is 11.8 Å². The maximum Gasteiger partial charge on any atom is 0.338 e. The topological polar surface area (TPSA) is 84.5 Å². The normalized spacial score (nSPS) is 10.3. The van der Waals surface area contributed by atoms with Gasteiger partial charge in [0.05, 0.1) is 23.7 Å². The van der Waals surface area contributed by atoms with Crippen molar-refractivity contribution in [2.24, 2.45) is 0 Å². The van der Waals surface area contributed by atoms with Crippen LogP contribution in [-0.4, -0.2) is 35.9 Å². The number of carbonyl (C=O) groups excluding carboxylic acids is 3. The van der Waals surface area contributed by atoms with Gasteiger partial charge in [-0.1, -0.05) is 31.0 Å². The summed E-state index contributed by atoms with van der Waals surface area (Å²) in [7, 11) is 0. The van der Waals surface area contributed by atoms with E-state index < -0.39 is 0 Å². The number of thioether (sulfide) groups is 1. The highest BCUT2D eigenvalue weighted by atomic mass is 32.2. The number of esters is 1. The molecule has 0 aliphatic heterocycles. The SMILES string of the molecule is CCCCOC(=O)c1ccc(NC(=O)CSCC(=O)Nc2ccc(C)cc2)cc1. The molecule has 6 nitrogen and oxygen atoms in total. The first-order valence-electron chi connectivity index (χ1n) is 9.49. The summed E-state index contributed by atoms with van der Waals surface area (Å²) >= 11 is 1.23. The zero-order valence-corrected chi connectivity index (χ0v) is 17.5. The number of carbonyl (C=O) groups is 3. The van der Waals surface area contributed by atoms with Crippen LogP contribution in [0.4, 0.5) is 11.4 Å². The van der Waals surface area contributed by atoms with Gasteiger partial charge in [0.25, 0.3) is 0 Å². The monoisotopic (exact) mass is 414 g/mol. The molecular formula is C22H26N2O4S. The molecule has 0 radical (unpaired) electrons. The number of hydrogen-bond acceptors (Lipinski definition) is 5. The van der Waals surface area contributed by atoms with Crippen molar-refractivity contribution in [3.05, 3.63) is 59.7 Å². The van der Waals surface area contributed by atoms with E-state index in [1.807, 2.05) is 38.1 Å². The van der Waals surface area contributed by atoms with E-state index in [1.54, 1.807) is 24.3 Å². The van der Waals surface area contributed by atoms with E-state index in [1.165, 1.54) is 11.8 Å². The number of unbranched alkanes of at least 4 members (excludes halogenated alkanes) is 1. The molecule has 2 aromatic rings. The maximum atomic E-state index is 12.0. The molecule has 0 atom stereocenters. The van der Waals surface area contributed by atoms with Crippen LogP contribution in [0.15, 0.2) is 48.5 Å². The molecule has 0 fully saturated rings. The highest BCUT2D eigenvalue weighted by Gasteiger charge is 2.09. The predicted molar refractivity (Wildman–Crippen MR) is 117 cm³/mol. The van der Waals surface area contributed by atoms with Crippen molar-refractivity contribution in [3.8, 4) is 0 Å². The zero-order valence-electron chi connectivity index (χ0n) is 16.7. The maximum absolute atomic E-state index is 12.0. The molecule has 0 aliphatic carbocycles. The lowest BCUT2D eigenvalue weighted by atomic mass is 10.2. The van der Waals surface area contributed by atoms with Gasteiger partial charge in [-0.2, -0.15) is 0 Å². The Morgan fingerprint density at radius 3 is 1.90 bits per heavy atom. The van der Waals surface area contributed by atoms with Crippen LogP contribution in [0.1, 0.15) is 35.7 Å². The molecular weight excluding hydrogens is 388 g/mol. The van der Waals surface area contributed by atoms with Gasteiger partial charge in [-0.25, -0.2) is 4.79 Å². The average Bonchev–Trinajstić information content (AvgIpc) is 2.70. The second-order valence-electron chi connectivity index (χ2n) is 6.52. The summed E-state index contributed by atoms with van der Waals surface area (Å²) in [4.78, 5) is 35.8. The number of rotatable bonds is 10. The molecule has 0 aromatic heterocycles. The third-order valence-electron chi connectivity index (χ3n) is 3.94. The number of benzene rings is 2. The van der Waals surface area contributed by atoms with E-state index in [2.05, 4.69) is 10.6 Å². The number of ether oxygens (including phenoxy) is 1. The lowest BCUT2D eigenvalue weighted by molar-refractivity contribution is -0.114. The fraction of sp³-hybridized carbons (Fsp3) is 0.318. The van der Waals surface area contributed by atoms with Gasteiger partial charge in [0, 0.05) is 11.4 Å². The molecule has 0 saturated heterocycles. The van der Waals surface area contributed by atoms with Crippen molar-refractivity contribution in [1.29, 1.82) is 0 Å². The van der Waals surface area contributed by atoms with Gasteiger partial charge in [0.1, 0.15) is 0 Å². The van der Waals surface area contributed by atoms with Gasteiger partial charge < -0.3 is 15.4 Å². The van der Waals surface area contributed by atoms with E-state index in [-0.39, 0.29) is 29.3 Å². The number of hydrogen-bond donors (Lipinski definition) is 2. The molecule has 0 saturated carbocycles. The van der Waals surface area contributed by atoms with Crippen molar-refractivity contribution in [2.75, 3.05) is 28.7 Å². The van der Waals surface area contributed by atoms with Crippen LogP contribution < -0.4 is 10.6 Å². The standard InChI is InChI=1S/C22H26N2O4S/c1-3-4-13-28-22(27)17-7-11-19(12-8-17)24-21(26)15-29-14-20(25)23-18-9-5-16(2)6-10-18/h5-12H,3-4,13-15H2,1-2H3,(H,23,25)(H,24,26). The third-order valence-corrected chi connectivity index (χ3v) is 4.87. The fourth-order valence-electron chi connectivity index (χ4n) is 2.35. The van der Waals surface area contributed by atoms with Crippen LogP contribution in [0.5, 0.6) is 0 Å². The summed E-state index contributed by atoms with van der Waals surface area (Å²) in [5, 5.41) is 5.54. The van der Waals surface area contributed by atoms with E-state index in [0.717, 1.165) is 24.1 Å². The molecule has 2 rings (SSSR count). The van der Waals surface area contributed by atoms with Crippen molar-refractivity contribution < 1.29 is 19.1 Å². The highest BCUT2D eigenvalue weighted by Crippen LogP contribution is 2.13. The smallest absolute Gasteiger partial charge is 0.338 e. The van der Waals surface area contributed by atoms with Gasteiger partial charge in [-0.3, -0.25) is 9.59 Å². The Morgan fingerprint density at radius 1 is 0.862 bits per heavy atom. The van der Waals surface area contributed by atoms with Gasteiger partial charge in [-0.05, 0) is 49.7 Å². The first-order chi connectivity index (χ1) is 14.0. The van der Waals surface area contributed by atoms with Crippen LogP contribution >= 0.6 is 11.8 Å². The third kappa shape index (κ3) is 8.39. The number of nitrogens with one attached hydrogen (secondary N) is 2. The van der Waals surface area contributed by atoms with Crippen LogP contribution in [0.2, 0.25) is 0 Å². The second-order valence-corrected chi connectivity index (χ2v) is 7.51. The molecule has 0 aliphatic rings. The summed E-state index contributed by atoms with van der Waals surface area (Å²) in [6.07, 6.45) is 1.80. The van der Waals surface area contributed by atoms with Gasteiger partial charge in [0.15, 0.2) is 0 Å². The van der Waals surface area contributed by atoms with Crippen molar-refractivity contribution >= 4 is 40.9 Å². The Balaban J connectivity index is 1.70. The highest BCUT2D eigenvalue weighted by molar-refractivity contribution is 8.00. The van der Waals surface area contributed by atoms with Crippen LogP contribution in [0.25, 0.3) is 0 Å². The molecule has 0 heterocycles. The zero-order chi connectivity index (χ0) is 21.1. The summed E-state index contributed by atoms with van der Waals surface area (Å²) in [6.45, 7) is 4.41. The van der Waals surface area contributed by atoms with Gasteiger partial charge >= 0.3 is 5.97 Å². The predicted octanol–water partition coefficient (Wildman–Crippen LogP) is 4.26. The van der Waals surface area contributed by atoms with E-state index in [0.29, 0.717) is 17.9 Å². The first kappa shape index (κ1) is 22.5. The molecule has 0 unspecified atom stereocenters. The van der Waals surface area contributed by atoms with Crippen molar-refractivity contribution in [2.45, 2.75) is 26.7 Å². The lowest BCUT2D eigenvalue weighted by Crippen LogP contribution is -2.18.